The number of carbonyl (C=O) groups is 2. The molecule has 2 aromatic rings. The molecule has 0 radical (unpaired) electrons. The number of esters is 1. The maximum atomic E-state index is 13.7. The highest BCUT2D eigenvalue weighted by molar-refractivity contribution is 6.09. The molecule has 5 rings (SSSR count). The van der Waals surface area contributed by atoms with Crippen LogP contribution in [0.15, 0.2) is 70.9 Å². The Morgan fingerprint density at radius 1 is 0.941 bits per heavy atom. The van der Waals surface area contributed by atoms with Gasteiger partial charge in [-0.15, -0.1) is 0 Å². The maximum Gasteiger partial charge on any atom is 0.315 e. The van der Waals surface area contributed by atoms with Crippen molar-refractivity contribution in [3.05, 3.63) is 82.8 Å². The summed E-state index contributed by atoms with van der Waals surface area (Å²) in [5, 5.41) is 0. The Kier molecular flexibility index (Phi) is 6.44. The third-order valence-electron chi connectivity index (χ3n) is 7.48. The standard InChI is InChI=1S/C29H30FNO3/c1-18-26(29(33)34-23-10-6-3-7-11-23)27(20-12-14-22(30)15-13-20)28-24(31-18)16-21(17-25(28)32)19-8-4-2-5-9-19/h2,4-5,8-9,12-15,21,23,26-27H,3,6-7,10-11,16-17H2,1H3/t21-,26?,27-/m0/s1. The van der Waals surface area contributed by atoms with Crippen molar-refractivity contribution in [2.75, 3.05) is 0 Å². The van der Waals surface area contributed by atoms with Crippen molar-refractivity contribution in [2.45, 2.75) is 69.8 Å². The third-order valence-corrected chi connectivity index (χ3v) is 7.48. The summed E-state index contributed by atoms with van der Waals surface area (Å²) in [5.74, 6) is -1.79. The van der Waals surface area contributed by atoms with Gasteiger partial charge in [-0.25, -0.2) is 4.39 Å². The van der Waals surface area contributed by atoms with Gasteiger partial charge >= 0.3 is 5.97 Å². The van der Waals surface area contributed by atoms with E-state index < -0.39 is 11.8 Å². The molecule has 1 unspecified atom stereocenters. The Morgan fingerprint density at radius 3 is 2.35 bits per heavy atom. The van der Waals surface area contributed by atoms with E-state index in [4.69, 9.17) is 9.73 Å². The van der Waals surface area contributed by atoms with Crippen molar-refractivity contribution in [1.29, 1.82) is 0 Å². The Hall–Kier alpha value is -3.08. The van der Waals surface area contributed by atoms with Crippen molar-refractivity contribution in [3.8, 4) is 0 Å². The van der Waals surface area contributed by atoms with Gasteiger partial charge in [-0.1, -0.05) is 48.9 Å². The van der Waals surface area contributed by atoms with Crippen LogP contribution in [0.25, 0.3) is 0 Å². The van der Waals surface area contributed by atoms with E-state index >= 15 is 0 Å². The molecule has 0 amide bonds. The highest BCUT2D eigenvalue weighted by atomic mass is 19.1. The molecule has 0 spiro atoms. The average molecular weight is 460 g/mol. The molecular weight excluding hydrogens is 429 g/mol. The summed E-state index contributed by atoms with van der Waals surface area (Å²) in [6.07, 6.45) is 5.98. The Morgan fingerprint density at radius 2 is 1.65 bits per heavy atom. The third kappa shape index (κ3) is 4.48. The first-order valence-corrected chi connectivity index (χ1v) is 12.3. The van der Waals surface area contributed by atoms with E-state index in [0.29, 0.717) is 24.1 Å². The van der Waals surface area contributed by atoms with Gasteiger partial charge in [0, 0.05) is 29.3 Å². The first kappa shape index (κ1) is 22.7. The smallest absolute Gasteiger partial charge is 0.315 e. The van der Waals surface area contributed by atoms with Crippen LogP contribution in [0.1, 0.15) is 74.8 Å². The molecule has 1 fully saturated rings. The summed E-state index contributed by atoms with van der Waals surface area (Å²) in [7, 11) is 0. The fourth-order valence-corrected chi connectivity index (χ4v) is 5.78. The maximum absolute atomic E-state index is 13.7. The predicted octanol–water partition coefficient (Wildman–Crippen LogP) is 6.28. The van der Waals surface area contributed by atoms with Crippen LogP contribution in [0, 0.1) is 11.7 Å². The molecule has 1 aliphatic heterocycles. The first-order chi connectivity index (χ1) is 16.5. The SMILES string of the molecule is CC1=NC2=C(C(=O)C[C@@H](c3ccccc3)C2)[C@@H](c2ccc(F)cc2)C1C(=O)OC1CCCCC1. The lowest BCUT2D eigenvalue weighted by molar-refractivity contribution is -0.153. The van der Waals surface area contributed by atoms with Crippen LogP contribution in [0.3, 0.4) is 0 Å². The average Bonchev–Trinajstić information content (AvgIpc) is 2.84. The number of Topliss-reactive ketones (excluding diaryl/α,β-unsaturated/α-hetero) is 1. The molecule has 0 bridgehead atoms. The molecule has 3 aliphatic rings. The number of hydrogen-bond donors (Lipinski definition) is 0. The number of halogens is 1. The number of nitrogens with zero attached hydrogens (tertiary/aromatic N) is 1. The highest BCUT2D eigenvalue weighted by Gasteiger charge is 2.45. The second kappa shape index (κ2) is 9.65. The van der Waals surface area contributed by atoms with E-state index in [1.54, 1.807) is 12.1 Å². The van der Waals surface area contributed by atoms with Crippen LogP contribution in [0.5, 0.6) is 0 Å². The van der Waals surface area contributed by atoms with E-state index in [2.05, 4.69) is 0 Å². The van der Waals surface area contributed by atoms with Crippen molar-refractivity contribution in [3.63, 3.8) is 0 Å². The van der Waals surface area contributed by atoms with E-state index in [-0.39, 0.29) is 29.6 Å². The van der Waals surface area contributed by atoms with Crippen molar-refractivity contribution in [2.24, 2.45) is 10.9 Å². The van der Waals surface area contributed by atoms with Gasteiger partial charge in [0.2, 0.25) is 0 Å². The Labute approximate surface area is 199 Å². The predicted molar refractivity (Wildman–Crippen MR) is 129 cm³/mol. The largest absolute Gasteiger partial charge is 0.462 e. The van der Waals surface area contributed by atoms with Gasteiger partial charge in [0.25, 0.3) is 0 Å². The second-order valence-corrected chi connectivity index (χ2v) is 9.76. The van der Waals surface area contributed by atoms with Crippen molar-refractivity contribution in [1.82, 2.24) is 0 Å². The molecule has 0 saturated heterocycles. The lowest BCUT2D eigenvalue weighted by Crippen LogP contribution is -2.39. The van der Waals surface area contributed by atoms with Gasteiger partial charge in [0.15, 0.2) is 5.78 Å². The number of allylic oxidation sites excluding steroid dienone is 2. The van der Waals surface area contributed by atoms with Crippen molar-refractivity contribution >= 4 is 17.5 Å². The number of aliphatic imine (C=N–C) groups is 1. The van der Waals surface area contributed by atoms with Gasteiger partial charge in [-0.05, 0) is 68.2 Å². The molecule has 34 heavy (non-hydrogen) atoms. The normalized spacial score (nSPS) is 25.5. The topological polar surface area (TPSA) is 55.7 Å². The quantitative estimate of drug-likeness (QED) is 0.506. The number of ketones is 1. The van der Waals surface area contributed by atoms with Gasteiger partial charge in [-0.3, -0.25) is 14.6 Å². The molecule has 3 atom stereocenters. The zero-order valence-electron chi connectivity index (χ0n) is 19.5. The molecular formula is C29H30FNO3. The number of ether oxygens (including phenoxy) is 1. The minimum Gasteiger partial charge on any atom is -0.462 e. The number of rotatable bonds is 4. The summed E-state index contributed by atoms with van der Waals surface area (Å²) in [6, 6.07) is 16.2. The zero-order valence-corrected chi connectivity index (χ0v) is 19.5. The number of hydrogen-bond acceptors (Lipinski definition) is 4. The minimum atomic E-state index is -0.677. The van der Waals surface area contributed by atoms with Crippen molar-refractivity contribution < 1.29 is 18.7 Å². The van der Waals surface area contributed by atoms with E-state index in [1.165, 1.54) is 18.6 Å². The number of benzene rings is 2. The van der Waals surface area contributed by atoms with Gasteiger partial charge < -0.3 is 4.74 Å². The van der Waals surface area contributed by atoms with Gasteiger partial charge in [0.1, 0.15) is 17.8 Å². The molecule has 1 saturated carbocycles. The van der Waals surface area contributed by atoms with E-state index in [9.17, 15) is 14.0 Å². The molecule has 4 nitrogen and oxygen atoms in total. The van der Waals surface area contributed by atoms with E-state index in [1.807, 2.05) is 37.3 Å². The fraction of sp³-hybridized carbons (Fsp3) is 0.414. The van der Waals surface area contributed by atoms with Crippen LogP contribution in [-0.2, 0) is 14.3 Å². The zero-order chi connectivity index (χ0) is 23.7. The summed E-state index contributed by atoms with van der Waals surface area (Å²) in [6.45, 7) is 1.85. The van der Waals surface area contributed by atoms with Crippen LogP contribution in [-0.4, -0.2) is 23.6 Å². The van der Waals surface area contributed by atoms with Crippen LogP contribution < -0.4 is 0 Å². The molecule has 1 heterocycles. The summed E-state index contributed by atoms with van der Waals surface area (Å²) in [5.41, 5.74) is 3.87. The lowest BCUT2D eigenvalue weighted by Gasteiger charge is -2.37. The highest BCUT2D eigenvalue weighted by Crippen LogP contribution is 2.47. The first-order valence-electron chi connectivity index (χ1n) is 12.3. The summed E-state index contributed by atoms with van der Waals surface area (Å²) >= 11 is 0. The summed E-state index contributed by atoms with van der Waals surface area (Å²) in [4.78, 5) is 31.9. The van der Waals surface area contributed by atoms with Crippen LogP contribution in [0.4, 0.5) is 4.39 Å². The Bertz CT molecular complexity index is 1130. The fourth-order valence-electron chi connectivity index (χ4n) is 5.78. The summed E-state index contributed by atoms with van der Waals surface area (Å²) < 4.78 is 19.7. The van der Waals surface area contributed by atoms with Gasteiger partial charge in [0.05, 0.1) is 0 Å². The molecule has 5 heteroatoms. The second-order valence-electron chi connectivity index (χ2n) is 9.76. The molecule has 2 aliphatic carbocycles. The molecule has 2 aromatic carbocycles. The minimum absolute atomic E-state index is 0.0103. The Balaban J connectivity index is 1.52. The molecule has 176 valence electrons. The number of carbonyl (C=O) groups excluding carboxylic acids is 2. The van der Waals surface area contributed by atoms with Gasteiger partial charge in [-0.2, -0.15) is 0 Å². The molecule has 0 N–H and O–H groups in total. The van der Waals surface area contributed by atoms with E-state index in [0.717, 1.165) is 42.5 Å². The van der Waals surface area contributed by atoms with Crippen LogP contribution in [0.2, 0.25) is 0 Å². The molecule has 0 aromatic heterocycles. The monoisotopic (exact) mass is 459 g/mol. The lowest BCUT2D eigenvalue weighted by atomic mass is 9.69. The van der Waals surface area contributed by atoms with Crippen LogP contribution >= 0.6 is 0 Å².